The van der Waals surface area contributed by atoms with Crippen LogP contribution >= 0.6 is 23.2 Å². The third kappa shape index (κ3) is 6.41. The fourth-order valence-electron chi connectivity index (χ4n) is 6.25. The third-order valence-electron chi connectivity index (χ3n) is 7.99. The summed E-state index contributed by atoms with van der Waals surface area (Å²) in [5.74, 6) is -4.18. The van der Waals surface area contributed by atoms with Crippen molar-refractivity contribution in [3.63, 3.8) is 0 Å². The smallest absolute Gasteiger partial charge is 0.303 e. The number of hydrogen-bond acceptors (Lipinski definition) is 5. The first-order chi connectivity index (χ1) is 19.6. The first kappa shape index (κ1) is 32.1. The van der Waals surface area contributed by atoms with E-state index in [1.165, 1.54) is 30.3 Å². The van der Waals surface area contributed by atoms with Crippen LogP contribution in [-0.4, -0.2) is 52.7 Å². The predicted octanol–water partition coefficient (Wildman–Crippen LogP) is 5.14. The molecule has 2 heterocycles. The number of carbonyl (C=O) groups excluding carboxylic acids is 2. The lowest BCUT2D eigenvalue weighted by Gasteiger charge is -2.37. The number of aliphatic hydroxyl groups excluding tert-OH is 1. The molecule has 228 valence electrons. The Hall–Kier alpha value is -2.79. The van der Waals surface area contributed by atoms with Gasteiger partial charge in [-0.1, -0.05) is 50.0 Å². The molecule has 2 aromatic rings. The largest absolute Gasteiger partial charge is 0.481 e. The number of hydrogen-bond donors (Lipinski definition) is 5. The van der Waals surface area contributed by atoms with Gasteiger partial charge in [-0.2, -0.15) is 0 Å². The summed E-state index contributed by atoms with van der Waals surface area (Å²) in [6.07, 6.45) is 0.296. The standard InChI is InChI=1S/C30H35Cl2F2N3O5/c1-29(2,3)14-23-30(17-12-21(34)19(32)13-22(17)36-28(30)42)25(15-7-8-20(33)18(31)11-15)26(37-23)27(41)35-10-9-16(38)5-4-6-24(39)40/h7-8,11-13,16,23,25-26,37-38H,4-6,9-10,14H2,1-3H3,(H,35,41)(H,36,42)(H,39,40)/t16-,23+,25-,26+,30-/m0/s1. The zero-order chi connectivity index (χ0) is 31.0. The molecule has 0 bridgehead atoms. The van der Waals surface area contributed by atoms with E-state index in [4.69, 9.17) is 28.3 Å². The van der Waals surface area contributed by atoms with Crippen LogP contribution in [0.2, 0.25) is 10.0 Å². The normalized spacial score (nSPS) is 24.0. The molecule has 0 aliphatic carbocycles. The van der Waals surface area contributed by atoms with Gasteiger partial charge in [0.15, 0.2) is 0 Å². The van der Waals surface area contributed by atoms with Gasteiger partial charge in [0, 0.05) is 30.6 Å². The number of benzene rings is 2. The van der Waals surface area contributed by atoms with E-state index in [0.717, 1.165) is 0 Å². The van der Waals surface area contributed by atoms with Gasteiger partial charge in [-0.25, -0.2) is 8.78 Å². The number of carboxylic acids is 1. The molecule has 0 saturated carbocycles. The number of nitrogens with one attached hydrogen (secondary N) is 3. The van der Waals surface area contributed by atoms with Crippen LogP contribution in [0.1, 0.15) is 69.9 Å². The minimum Gasteiger partial charge on any atom is -0.481 e. The van der Waals surface area contributed by atoms with Gasteiger partial charge < -0.3 is 26.2 Å². The van der Waals surface area contributed by atoms with Crippen LogP contribution in [0, 0.1) is 17.0 Å². The molecule has 1 saturated heterocycles. The molecule has 12 heteroatoms. The van der Waals surface area contributed by atoms with Gasteiger partial charge in [0.2, 0.25) is 11.8 Å². The maximum atomic E-state index is 15.0. The van der Waals surface area contributed by atoms with Gasteiger partial charge in [0.1, 0.15) is 17.0 Å². The Morgan fingerprint density at radius 1 is 1.10 bits per heavy atom. The summed E-state index contributed by atoms with van der Waals surface area (Å²) in [4.78, 5) is 38.6. The molecule has 5 atom stereocenters. The van der Waals surface area contributed by atoms with Gasteiger partial charge in [0.25, 0.3) is 0 Å². The van der Waals surface area contributed by atoms with E-state index in [1.807, 2.05) is 20.8 Å². The van der Waals surface area contributed by atoms with Crippen molar-refractivity contribution >= 4 is 46.7 Å². The molecule has 2 aromatic carbocycles. The summed E-state index contributed by atoms with van der Waals surface area (Å²) in [6.45, 7) is 6.05. The minimum absolute atomic E-state index is 0.0656. The molecule has 8 nitrogen and oxygen atoms in total. The average molecular weight is 627 g/mol. The van der Waals surface area contributed by atoms with Crippen LogP contribution in [0.15, 0.2) is 30.3 Å². The Bertz CT molecular complexity index is 1390. The van der Waals surface area contributed by atoms with E-state index >= 15 is 0 Å². The average Bonchev–Trinajstić information content (AvgIpc) is 3.35. The summed E-state index contributed by atoms with van der Waals surface area (Å²) in [6, 6.07) is 4.93. The number of fused-ring (bicyclic) bond motifs is 2. The number of halogens is 4. The van der Waals surface area contributed by atoms with E-state index < -0.39 is 58.9 Å². The van der Waals surface area contributed by atoms with Crippen LogP contribution in [0.3, 0.4) is 0 Å². The van der Waals surface area contributed by atoms with Crippen molar-refractivity contribution in [3.05, 3.63) is 63.1 Å². The number of rotatable bonds is 10. The predicted molar refractivity (Wildman–Crippen MR) is 156 cm³/mol. The van der Waals surface area contributed by atoms with Crippen molar-refractivity contribution in [1.29, 1.82) is 0 Å². The Kier molecular flexibility index (Phi) is 9.52. The van der Waals surface area contributed by atoms with Crippen molar-refractivity contribution in [2.75, 3.05) is 11.9 Å². The van der Waals surface area contributed by atoms with E-state index in [0.29, 0.717) is 29.7 Å². The number of aliphatic hydroxyl groups is 1. The fraction of sp³-hybridized carbons (Fsp3) is 0.500. The highest BCUT2D eigenvalue weighted by atomic mass is 35.5. The SMILES string of the molecule is CC(C)(C)C[C@H]1N[C@@H](C(=O)NCC[C@@H](O)CCCC(=O)O)[C@H](c2ccc(F)c(Cl)c2)[C@@]12C(=O)Nc1cc(Cl)c(F)cc12. The Labute approximate surface area is 253 Å². The molecule has 2 aliphatic heterocycles. The van der Waals surface area contributed by atoms with E-state index in [-0.39, 0.29) is 41.3 Å². The second-order valence-corrected chi connectivity index (χ2v) is 13.1. The lowest BCUT2D eigenvalue weighted by atomic mass is 9.62. The van der Waals surface area contributed by atoms with Gasteiger partial charge in [-0.05, 0) is 66.5 Å². The monoisotopic (exact) mass is 625 g/mol. The molecule has 4 rings (SSSR count). The van der Waals surface area contributed by atoms with E-state index in [2.05, 4.69) is 16.0 Å². The topological polar surface area (TPSA) is 128 Å². The van der Waals surface area contributed by atoms with Crippen molar-refractivity contribution in [1.82, 2.24) is 10.6 Å². The zero-order valence-corrected chi connectivity index (χ0v) is 25.1. The lowest BCUT2D eigenvalue weighted by molar-refractivity contribution is -0.137. The third-order valence-corrected chi connectivity index (χ3v) is 8.57. The van der Waals surface area contributed by atoms with Crippen LogP contribution < -0.4 is 16.0 Å². The molecule has 0 aromatic heterocycles. The second-order valence-electron chi connectivity index (χ2n) is 12.3. The molecular weight excluding hydrogens is 591 g/mol. The van der Waals surface area contributed by atoms with Crippen LogP contribution in [0.5, 0.6) is 0 Å². The zero-order valence-electron chi connectivity index (χ0n) is 23.6. The summed E-state index contributed by atoms with van der Waals surface area (Å²) in [5.41, 5.74) is -0.720. The van der Waals surface area contributed by atoms with Crippen LogP contribution in [0.4, 0.5) is 14.5 Å². The number of anilines is 1. The number of aliphatic carboxylic acids is 1. The van der Waals surface area contributed by atoms with Gasteiger partial charge in [-0.3, -0.25) is 14.4 Å². The highest BCUT2D eigenvalue weighted by Gasteiger charge is 2.66. The molecule has 2 aliphatic rings. The first-order valence-electron chi connectivity index (χ1n) is 13.8. The lowest BCUT2D eigenvalue weighted by Crippen LogP contribution is -2.49. The van der Waals surface area contributed by atoms with Gasteiger partial charge >= 0.3 is 5.97 Å². The maximum absolute atomic E-state index is 15.0. The summed E-state index contributed by atoms with van der Waals surface area (Å²) >= 11 is 12.2. The fourth-order valence-corrected chi connectivity index (χ4v) is 6.60. The molecule has 5 N–H and O–H groups in total. The molecular formula is C30H35Cl2F2N3O5. The van der Waals surface area contributed by atoms with Crippen LogP contribution in [-0.2, 0) is 19.8 Å². The maximum Gasteiger partial charge on any atom is 0.303 e. The second kappa shape index (κ2) is 12.4. The Balaban J connectivity index is 1.75. The van der Waals surface area contributed by atoms with Crippen molar-refractivity contribution in [2.24, 2.45) is 5.41 Å². The number of amides is 2. The summed E-state index contributed by atoms with van der Waals surface area (Å²) in [5, 5.41) is 27.7. The molecule has 2 amide bonds. The first-order valence-corrected chi connectivity index (χ1v) is 14.6. The summed E-state index contributed by atoms with van der Waals surface area (Å²) in [7, 11) is 0. The van der Waals surface area contributed by atoms with E-state index in [9.17, 15) is 28.3 Å². The molecule has 42 heavy (non-hydrogen) atoms. The number of carboxylic acid groups (broad SMARTS) is 1. The Morgan fingerprint density at radius 3 is 2.43 bits per heavy atom. The molecule has 0 radical (unpaired) electrons. The highest BCUT2D eigenvalue weighted by molar-refractivity contribution is 6.31. The molecule has 1 spiro atoms. The van der Waals surface area contributed by atoms with E-state index in [1.54, 1.807) is 0 Å². The number of carbonyl (C=O) groups is 3. The Morgan fingerprint density at radius 2 is 1.79 bits per heavy atom. The van der Waals surface area contributed by atoms with Crippen LogP contribution in [0.25, 0.3) is 0 Å². The highest BCUT2D eigenvalue weighted by Crippen LogP contribution is 2.57. The van der Waals surface area contributed by atoms with Crippen molar-refractivity contribution in [2.45, 2.75) is 82.4 Å². The van der Waals surface area contributed by atoms with Gasteiger partial charge in [-0.15, -0.1) is 0 Å². The summed E-state index contributed by atoms with van der Waals surface area (Å²) < 4.78 is 29.3. The molecule has 1 fully saturated rings. The van der Waals surface area contributed by atoms with Gasteiger partial charge in [0.05, 0.1) is 22.2 Å². The quantitative estimate of drug-likeness (QED) is 0.249. The molecule has 0 unspecified atom stereocenters. The van der Waals surface area contributed by atoms with Crippen molar-refractivity contribution < 1.29 is 33.4 Å². The van der Waals surface area contributed by atoms with Crippen molar-refractivity contribution in [3.8, 4) is 0 Å². The minimum atomic E-state index is -1.48.